The van der Waals surface area contributed by atoms with E-state index in [0.29, 0.717) is 24.1 Å². The molecule has 0 spiro atoms. The smallest absolute Gasteiger partial charge is 0.200 e. The first-order valence-corrected chi connectivity index (χ1v) is 6.50. The van der Waals surface area contributed by atoms with E-state index >= 15 is 0 Å². The Balaban J connectivity index is 1.95. The van der Waals surface area contributed by atoms with E-state index in [2.05, 4.69) is 5.32 Å². The fraction of sp³-hybridized carbons (Fsp3) is 0.571. The molecule has 0 aromatic heterocycles. The first-order valence-electron chi connectivity index (χ1n) is 6.50. The highest BCUT2D eigenvalue weighted by Crippen LogP contribution is 2.36. The SMILES string of the molecule is COc1cc(CNC[C@H]2CCCO2)cc(OC)c1O. The summed E-state index contributed by atoms with van der Waals surface area (Å²) in [6, 6.07) is 3.61. The Bertz CT molecular complexity index is 391. The van der Waals surface area contributed by atoms with Crippen molar-refractivity contribution < 1.29 is 19.3 Å². The number of phenolic OH excluding ortho intramolecular Hbond substituents is 1. The summed E-state index contributed by atoms with van der Waals surface area (Å²) in [5.74, 6) is 0.884. The van der Waals surface area contributed by atoms with Crippen LogP contribution in [0.25, 0.3) is 0 Å². The molecule has 1 heterocycles. The summed E-state index contributed by atoms with van der Waals surface area (Å²) in [6.07, 6.45) is 2.59. The summed E-state index contributed by atoms with van der Waals surface area (Å²) in [6.45, 7) is 2.39. The fourth-order valence-corrected chi connectivity index (χ4v) is 2.23. The minimum Gasteiger partial charge on any atom is -0.502 e. The summed E-state index contributed by atoms with van der Waals surface area (Å²) in [4.78, 5) is 0. The number of hydrogen-bond acceptors (Lipinski definition) is 5. The zero-order valence-corrected chi connectivity index (χ0v) is 11.4. The molecule has 1 saturated heterocycles. The number of methoxy groups -OCH3 is 2. The molecule has 0 radical (unpaired) electrons. The molecule has 19 heavy (non-hydrogen) atoms. The van der Waals surface area contributed by atoms with Crippen LogP contribution >= 0.6 is 0 Å². The van der Waals surface area contributed by atoms with Gasteiger partial charge in [-0.1, -0.05) is 0 Å². The van der Waals surface area contributed by atoms with Crippen LogP contribution in [0.1, 0.15) is 18.4 Å². The van der Waals surface area contributed by atoms with Crippen molar-refractivity contribution in [3.05, 3.63) is 17.7 Å². The molecule has 0 bridgehead atoms. The van der Waals surface area contributed by atoms with Crippen LogP contribution in [0.3, 0.4) is 0 Å². The highest BCUT2D eigenvalue weighted by Gasteiger charge is 2.15. The van der Waals surface area contributed by atoms with Crippen LogP contribution in [0.15, 0.2) is 12.1 Å². The average molecular weight is 267 g/mol. The van der Waals surface area contributed by atoms with Gasteiger partial charge in [0, 0.05) is 19.7 Å². The van der Waals surface area contributed by atoms with Crippen molar-refractivity contribution in [3.63, 3.8) is 0 Å². The molecule has 5 nitrogen and oxygen atoms in total. The second kappa shape index (κ2) is 6.63. The zero-order chi connectivity index (χ0) is 13.7. The zero-order valence-electron chi connectivity index (χ0n) is 11.4. The lowest BCUT2D eigenvalue weighted by Crippen LogP contribution is -2.25. The lowest BCUT2D eigenvalue weighted by Gasteiger charge is -2.13. The third kappa shape index (κ3) is 3.52. The molecule has 0 amide bonds. The van der Waals surface area contributed by atoms with Gasteiger partial charge in [-0.2, -0.15) is 0 Å². The summed E-state index contributed by atoms with van der Waals surface area (Å²) in [7, 11) is 3.05. The predicted octanol–water partition coefficient (Wildman–Crippen LogP) is 1.68. The van der Waals surface area contributed by atoms with Crippen LogP contribution in [0.2, 0.25) is 0 Å². The topological polar surface area (TPSA) is 60.0 Å². The summed E-state index contributed by atoms with van der Waals surface area (Å²) >= 11 is 0. The van der Waals surface area contributed by atoms with Gasteiger partial charge in [0.15, 0.2) is 11.5 Å². The second-order valence-electron chi connectivity index (χ2n) is 4.61. The van der Waals surface area contributed by atoms with E-state index in [1.165, 1.54) is 14.2 Å². The van der Waals surface area contributed by atoms with Crippen LogP contribution in [0.4, 0.5) is 0 Å². The Hall–Kier alpha value is -1.46. The predicted molar refractivity (Wildman–Crippen MR) is 71.9 cm³/mol. The first-order chi connectivity index (χ1) is 9.24. The van der Waals surface area contributed by atoms with Crippen LogP contribution in [-0.4, -0.2) is 38.6 Å². The largest absolute Gasteiger partial charge is 0.502 e. The maximum atomic E-state index is 9.82. The Morgan fingerprint density at radius 2 is 2.00 bits per heavy atom. The van der Waals surface area contributed by atoms with Gasteiger partial charge >= 0.3 is 0 Å². The number of benzene rings is 1. The standard InChI is InChI=1S/C14H21NO4/c1-17-12-6-10(7-13(18-2)14(12)16)8-15-9-11-4-3-5-19-11/h6-7,11,15-16H,3-5,8-9H2,1-2H3/t11-/m1/s1. The molecular weight excluding hydrogens is 246 g/mol. The quantitative estimate of drug-likeness (QED) is 0.821. The molecule has 0 unspecified atom stereocenters. The lowest BCUT2D eigenvalue weighted by atomic mass is 10.1. The van der Waals surface area contributed by atoms with Gasteiger partial charge < -0.3 is 24.6 Å². The summed E-state index contributed by atoms with van der Waals surface area (Å²) in [5, 5.41) is 13.2. The number of hydrogen-bond donors (Lipinski definition) is 2. The highest BCUT2D eigenvalue weighted by molar-refractivity contribution is 5.52. The van der Waals surface area contributed by atoms with Gasteiger partial charge in [0.1, 0.15) is 0 Å². The third-order valence-electron chi connectivity index (χ3n) is 3.26. The monoisotopic (exact) mass is 267 g/mol. The fourth-order valence-electron chi connectivity index (χ4n) is 2.23. The van der Waals surface area contributed by atoms with Gasteiger partial charge in [-0.05, 0) is 30.5 Å². The van der Waals surface area contributed by atoms with Crippen LogP contribution in [0, 0.1) is 0 Å². The van der Waals surface area contributed by atoms with Crippen molar-refractivity contribution in [1.82, 2.24) is 5.32 Å². The van der Waals surface area contributed by atoms with Crippen molar-refractivity contribution in [3.8, 4) is 17.2 Å². The number of rotatable bonds is 6. The van der Waals surface area contributed by atoms with Gasteiger partial charge in [-0.25, -0.2) is 0 Å². The van der Waals surface area contributed by atoms with Crippen molar-refractivity contribution >= 4 is 0 Å². The Kier molecular flexibility index (Phi) is 4.87. The van der Waals surface area contributed by atoms with Gasteiger partial charge in [-0.15, -0.1) is 0 Å². The van der Waals surface area contributed by atoms with Gasteiger partial charge in [0.25, 0.3) is 0 Å². The number of phenols is 1. The van der Waals surface area contributed by atoms with E-state index in [1.807, 2.05) is 0 Å². The first kappa shape index (κ1) is 14.0. The minimum absolute atomic E-state index is 0.0351. The van der Waals surface area contributed by atoms with Crippen LogP contribution in [0.5, 0.6) is 17.2 Å². The Morgan fingerprint density at radius 1 is 1.32 bits per heavy atom. The van der Waals surface area contributed by atoms with E-state index in [-0.39, 0.29) is 5.75 Å². The lowest BCUT2D eigenvalue weighted by molar-refractivity contribution is 0.110. The molecule has 2 rings (SSSR count). The summed E-state index contributed by atoms with van der Waals surface area (Å²) < 4.78 is 15.8. The second-order valence-corrected chi connectivity index (χ2v) is 4.61. The van der Waals surface area contributed by atoms with Crippen molar-refractivity contribution in [1.29, 1.82) is 0 Å². The molecular formula is C14H21NO4. The summed E-state index contributed by atoms with van der Waals surface area (Å²) in [5.41, 5.74) is 1.00. The molecule has 0 aliphatic carbocycles. The van der Waals surface area contributed by atoms with Crippen molar-refractivity contribution in [2.75, 3.05) is 27.4 Å². The maximum Gasteiger partial charge on any atom is 0.200 e. The van der Waals surface area contributed by atoms with Crippen molar-refractivity contribution in [2.45, 2.75) is 25.5 Å². The Morgan fingerprint density at radius 3 is 2.53 bits per heavy atom. The average Bonchev–Trinajstić information content (AvgIpc) is 2.93. The molecule has 106 valence electrons. The molecule has 1 fully saturated rings. The highest BCUT2D eigenvalue weighted by atomic mass is 16.5. The van der Waals surface area contributed by atoms with E-state index in [9.17, 15) is 5.11 Å². The van der Waals surface area contributed by atoms with Crippen LogP contribution < -0.4 is 14.8 Å². The number of nitrogens with one attached hydrogen (secondary N) is 1. The van der Waals surface area contributed by atoms with E-state index in [0.717, 1.165) is 31.6 Å². The minimum atomic E-state index is 0.0351. The van der Waals surface area contributed by atoms with Gasteiger partial charge in [0.2, 0.25) is 5.75 Å². The molecule has 5 heteroatoms. The normalized spacial score (nSPS) is 18.5. The third-order valence-corrected chi connectivity index (χ3v) is 3.26. The van der Waals surface area contributed by atoms with Gasteiger partial charge in [-0.3, -0.25) is 0 Å². The molecule has 1 aliphatic rings. The van der Waals surface area contributed by atoms with E-state index < -0.39 is 0 Å². The number of ether oxygens (including phenoxy) is 3. The van der Waals surface area contributed by atoms with Crippen LogP contribution in [-0.2, 0) is 11.3 Å². The van der Waals surface area contributed by atoms with E-state index in [1.54, 1.807) is 12.1 Å². The number of aromatic hydroxyl groups is 1. The molecule has 1 atom stereocenters. The van der Waals surface area contributed by atoms with Crippen molar-refractivity contribution in [2.24, 2.45) is 0 Å². The van der Waals surface area contributed by atoms with Gasteiger partial charge in [0.05, 0.1) is 20.3 Å². The molecule has 1 aromatic carbocycles. The molecule has 1 aromatic rings. The molecule has 2 N–H and O–H groups in total. The molecule has 0 saturated carbocycles. The Labute approximate surface area is 113 Å². The van der Waals surface area contributed by atoms with E-state index in [4.69, 9.17) is 14.2 Å². The molecule has 1 aliphatic heterocycles. The maximum absolute atomic E-state index is 9.82.